The third kappa shape index (κ3) is 4.36. The summed E-state index contributed by atoms with van der Waals surface area (Å²) in [6, 6.07) is 16.7. The van der Waals surface area contributed by atoms with Gasteiger partial charge in [-0.05, 0) is 30.2 Å². The van der Waals surface area contributed by atoms with Gasteiger partial charge in [-0.3, -0.25) is 9.59 Å². The van der Waals surface area contributed by atoms with Crippen molar-refractivity contribution in [2.24, 2.45) is 0 Å². The molecule has 0 saturated carbocycles. The van der Waals surface area contributed by atoms with Crippen LogP contribution < -0.4 is 5.32 Å². The van der Waals surface area contributed by atoms with E-state index < -0.39 is 6.04 Å². The number of hydrogen-bond donors (Lipinski definition) is 1. The summed E-state index contributed by atoms with van der Waals surface area (Å²) in [4.78, 5) is 26.9. The molecule has 1 atom stereocenters. The van der Waals surface area contributed by atoms with Gasteiger partial charge in [-0.15, -0.1) is 5.10 Å². The summed E-state index contributed by atoms with van der Waals surface area (Å²) in [5.41, 5.74) is 3.43. The molecule has 2 amide bonds. The minimum absolute atomic E-state index is 0.00722. The molecule has 0 aliphatic carbocycles. The van der Waals surface area contributed by atoms with Crippen LogP contribution in [0.15, 0.2) is 54.6 Å². The summed E-state index contributed by atoms with van der Waals surface area (Å²) in [5.74, 6) is -0.118. The Kier molecular flexibility index (Phi) is 5.81. The highest BCUT2D eigenvalue weighted by Crippen LogP contribution is 2.24. The second-order valence-electron chi connectivity index (χ2n) is 7.37. The predicted molar refractivity (Wildman–Crippen MR) is 112 cm³/mol. The first-order chi connectivity index (χ1) is 14.5. The van der Waals surface area contributed by atoms with Crippen molar-refractivity contribution in [1.82, 2.24) is 25.2 Å². The summed E-state index contributed by atoms with van der Waals surface area (Å²) < 4.78 is 1.66. The average Bonchev–Trinajstić information content (AvgIpc) is 3.14. The SMILES string of the molecule is CC1C(=O)N(Cc2ccccc2)Cc2c(CNC(=O)Cc3cccc(Cl)c3)nnn21. The van der Waals surface area contributed by atoms with Gasteiger partial charge < -0.3 is 10.2 Å². The smallest absolute Gasteiger partial charge is 0.247 e. The molecule has 0 fully saturated rings. The fourth-order valence-corrected chi connectivity index (χ4v) is 3.81. The van der Waals surface area contributed by atoms with E-state index in [9.17, 15) is 9.59 Å². The van der Waals surface area contributed by atoms with Gasteiger partial charge in [-0.1, -0.05) is 59.3 Å². The maximum absolute atomic E-state index is 12.8. The molecule has 8 heteroatoms. The number of nitrogens with zero attached hydrogens (tertiary/aromatic N) is 4. The zero-order valence-corrected chi connectivity index (χ0v) is 17.3. The van der Waals surface area contributed by atoms with Crippen LogP contribution in [0.4, 0.5) is 0 Å². The average molecular weight is 424 g/mol. The first-order valence-corrected chi connectivity index (χ1v) is 10.2. The fraction of sp³-hybridized carbons (Fsp3) is 0.273. The highest BCUT2D eigenvalue weighted by molar-refractivity contribution is 6.30. The number of benzene rings is 2. The lowest BCUT2D eigenvalue weighted by Crippen LogP contribution is -2.41. The molecule has 2 heterocycles. The second-order valence-corrected chi connectivity index (χ2v) is 7.80. The summed E-state index contributed by atoms with van der Waals surface area (Å²) in [6.07, 6.45) is 0.235. The van der Waals surface area contributed by atoms with E-state index in [1.54, 1.807) is 21.7 Å². The van der Waals surface area contributed by atoms with Crippen molar-refractivity contribution < 1.29 is 9.59 Å². The van der Waals surface area contributed by atoms with Crippen molar-refractivity contribution in [3.8, 4) is 0 Å². The topological polar surface area (TPSA) is 80.1 Å². The number of hydrogen-bond acceptors (Lipinski definition) is 4. The maximum atomic E-state index is 12.8. The van der Waals surface area contributed by atoms with Crippen LogP contribution in [-0.4, -0.2) is 31.7 Å². The Morgan fingerprint density at radius 3 is 2.70 bits per heavy atom. The highest BCUT2D eigenvalue weighted by atomic mass is 35.5. The van der Waals surface area contributed by atoms with Gasteiger partial charge in [-0.2, -0.15) is 0 Å². The van der Waals surface area contributed by atoms with E-state index in [0.29, 0.717) is 23.8 Å². The first-order valence-electron chi connectivity index (χ1n) is 9.78. The number of fused-ring (bicyclic) bond motifs is 1. The Morgan fingerprint density at radius 1 is 1.17 bits per heavy atom. The van der Waals surface area contributed by atoms with Crippen molar-refractivity contribution in [2.75, 3.05) is 0 Å². The van der Waals surface area contributed by atoms with Gasteiger partial charge >= 0.3 is 0 Å². The third-order valence-electron chi connectivity index (χ3n) is 5.17. The van der Waals surface area contributed by atoms with Crippen LogP contribution >= 0.6 is 11.6 Å². The van der Waals surface area contributed by atoms with Crippen LogP contribution in [0.3, 0.4) is 0 Å². The van der Waals surface area contributed by atoms with Crippen molar-refractivity contribution in [3.63, 3.8) is 0 Å². The van der Waals surface area contributed by atoms with Gasteiger partial charge in [-0.25, -0.2) is 4.68 Å². The lowest BCUT2D eigenvalue weighted by Gasteiger charge is -2.31. The molecule has 3 aromatic rings. The summed E-state index contributed by atoms with van der Waals surface area (Å²) >= 11 is 5.98. The monoisotopic (exact) mass is 423 g/mol. The van der Waals surface area contributed by atoms with E-state index in [1.807, 2.05) is 49.4 Å². The summed E-state index contributed by atoms with van der Waals surface area (Å²) in [7, 11) is 0. The normalized spacial score (nSPS) is 15.7. The first kappa shape index (κ1) is 20.1. The number of rotatable bonds is 6. The standard InChI is InChI=1S/C22H22ClN5O2/c1-15-22(30)27(13-16-6-3-2-4-7-16)14-20-19(25-26-28(15)20)12-24-21(29)11-17-8-5-9-18(23)10-17/h2-10,15H,11-14H2,1H3,(H,24,29). The van der Waals surface area contributed by atoms with Crippen LogP contribution in [-0.2, 0) is 35.6 Å². The van der Waals surface area contributed by atoms with Crippen LogP contribution in [0, 0.1) is 0 Å². The van der Waals surface area contributed by atoms with Crippen molar-refractivity contribution >= 4 is 23.4 Å². The Morgan fingerprint density at radius 2 is 1.93 bits per heavy atom. The Labute approximate surface area is 179 Å². The number of nitrogens with one attached hydrogen (secondary N) is 1. The molecule has 1 aliphatic rings. The molecule has 7 nitrogen and oxygen atoms in total. The van der Waals surface area contributed by atoms with Crippen LogP contribution in [0.1, 0.15) is 35.5 Å². The van der Waals surface area contributed by atoms with Gasteiger partial charge in [0.25, 0.3) is 0 Å². The molecule has 30 heavy (non-hydrogen) atoms. The van der Waals surface area contributed by atoms with E-state index >= 15 is 0 Å². The molecular formula is C22H22ClN5O2. The minimum atomic E-state index is -0.430. The molecule has 2 aromatic carbocycles. The summed E-state index contributed by atoms with van der Waals surface area (Å²) in [5, 5.41) is 11.9. The molecule has 0 spiro atoms. The molecule has 0 radical (unpaired) electrons. The highest BCUT2D eigenvalue weighted by Gasteiger charge is 2.33. The lowest BCUT2D eigenvalue weighted by atomic mass is 10.1. The fourth-order valence-electron chi connectivity index (χ4n) is 3.60. The van der Waals surface area contributed by atoms with Gasteiger partial charge in [0.05, 0.1) is 25.2 Å². The minimum Gasteiger partial charge on any atom is -0.350 e. The van der Waals surface area contributed by atoms with E-state index in [1.165, 1.54) is 0 Å². The molecule has 1 aromatic heterocycles. The molecule has 1 unspecified atom stereocenters. The second kappa shape index (κ2) is 8.67. The van der Waals surface area contributed by atoms with Crippen LogP contribution in [0.5, 0.6) is 0 Å². The van der Waals surface area contributed by atoms with Crippen molar-refractivity contribution in [1.29, 1.82) is 0 Å². The van der Waals surface area contributed by atoms with E-state index in [-0.39, 0.29) is 24.8 Å². The largest absolute Gasteiger partial charge is 0.350 e. The predicted octanol–water partition coefficient (Wildman–Crippen LogP) is 2.89. The Balaban J connectivity index is 1.44. The number of halogens is 1. The third-order valence-corrected chi connectivity index (χ3v) is 5.41. The van der Waals surface area contributed by atoms with Crippen molar-refractivity contribution in [2.45, 2.75) is 39.0 Å². The van der Waals surface area contributed by atoms with E-state index in [4.69, 9.17) is 11.6 Å². The zero-order valence-electron chi connectivity index (χ0n) is 16.6. The van der Waals surface area contributed by atoms with E-state index in [2.05, 4.69) is 15.6 Å². The van der Waals surface area contributed by atoms with Gasteiger partial charge in [0, 0.05) is 11.6 Å². The van der Waals surface area contributed by atoms with Crippen LogP contribution in [0.25, 0.3) is 0 Å². The number of amides is 2. The van der Waals surface area contributed by atoms with Gasteiger partial charge in [0.15, 0.2) is 0 Å². The molecule has 1 aliphatic heterocycles. The molecule has 0 bridgehead atoms. The molecule has 0 saturated heterocycles. The quantitative estimate of drug-likeness (QED) is 0.661. The Hall–Kier alpha value is -3.19. The molecular weight excluding hydrogens is 402 g/mol. The number of aromatic nitrogens is 3. The van der Waals surface area contributed by atoms with Crippen LogP contribution in [0.2, 0.25) is 5.02 Å². The molecule has 4 rings (SSSR count). The number of carbonyl (C=O) groups excluding carboxylic acids is 2. The molecule has 154 valence electrons. The molecule has 1 N–H and O–H groups in total. The van der Waals surface area contributed by atoms with Gasteiger partial charge in [0.2, 0.25) is 11.8 Å². The van der Waals surface area contributed by atoms with E-state index in [0.717, 1.165) is 16.8 Å². The van der Waals surface area contributed by atoms with Crippen molar-refractivity contribution in [3.05, 3.63) is 82.1 Å². The van der Waals surface area contributed by atoms with Gasteiger partial charge in [0.1, 0.15) is 11.7 Å². The summed E-state index contributed by atoms with van der Waals surface area (Å²) in [6.45, 7) is 3.01. The maximum Gasteiger partial charge on any atom is 0.247 e. The Bertz CT molecular complexity index is 1070. The lowest BCUT2D eigenvalue weighted by molar-refractivity contribution is -0.138. The number of carbonyl (C=O) groups is 2. The zero-order chi connectivity index (χ0) is 21.1.